The molecule has 1 atom stereocenters. The molecule has 0 saturated carbocycles. The lowest BCUT2D eigenvalue weighted by molar-refractivity contribution is -0.128. The van der Waals surface area contributed by atoms with E-state index >= 15 is 0 Å². The molecule has 2 N–H and O–H groups in total. The summed E-state index contributed by atoms with van der Waals surface area (Å²) < 4.78 is 11.1. The zero-order valence-corrected chi connectivity index (χ0v) is 18.7. The summed E-state index contributed by atoms with van der Waals surface area (Å²) in [7, 11) is 0. The number of rotatable bonds is 4. The maximum atomic E-state index is 13.5. The Balaban J connectivity index is 1.38. The van der Waals surface area contributed by atoms with Crippen molar-refractivity contribution < 1.29 is 24.2 Å². The van der Waals surface area contributed by atoms with Crippen molar-refractivity contribution in [2.24, 2.45) is 0 Å². The van der Waals surface area contributed by atoms with Gasteiger partial charge in [0.05, 0.1) is 11.6 Å². The highest BCUT2D eigenvalue weighted by molar-refractivity contribution is 5.94. The number of amides is 1. The summed E-state index contributed by atoms with van der Waals surface area (Å²) >= 11 is 0. The number of fused-ring (bicyclic) bond motifs is 4. The monoisotopic (exact) mass is 466 g/mol. The normalized spacial score (nSPS) is 16.6. The van der Waals surface area contributed by atoms with Gasteiger partial charge in [-0.05, 0) is 59.5 Å². The second kappa shape index (κ2) is 8.36. The maximum absolute atomic E-state index is 13.5. The predicted octanol–water partition coefficient (Wildman–Crippen LogP) is 4.78. The van der Waals surface area contributed by atoms with Gasteiger partial charge in [0, 0.05) is 29.2 Å². The van der Waals surface area contributed by atoms with Crippen LogP contribution in [-0.2, 0) is 11.2 Å². The van der Waals surface area contributed by atoms with E-state index in [1.54, 1.807) is 24.3 Å². The second-order valence-corrected chi connectivity index (χ2v) is 8.62. The van der Waals surface area contributed by atoms with Gasteiger partial charge in [-0.2, -0.15) is 0 Å². The number of aromatic amines is 1. The summed E-state index contributed by atoms with van der Waals surface area (Å²) in [5, 5.41) is 10.3. The molecule has 6 rings (SSSR count). The van der Waals surface area contributed by atoms with Gasteiger partial charge in [0.1, 0.15) is 0 Å². The third-order valence-corrected chi connectivity index (χ3v) is 6.61. The molecule has 0 aliphatic carbocycles. The van der Waals surface area contributed by atoms with E-state index in [1.165, 1.54) is 23.1 Å². The van der Waals surface area contributed by atoms with Crippen molar-refractivity contribution in [1.82, 2.24) is 9.88 Å². The Morgan fingerprint density at radius 2 is 1.80 bits per heavy atom. The van der Waals surface area contributed by atoms with Gasteiger partial charge in [-0.3, -0.25) is 4.79 Å². The summed E-state index contributed by atoms with van der Waals surface area (Å²) in [4.78, 5) is 30.0. The lowest BCUT2D eigenvalue weighted by atomic mass is 9.92. The van der Waals surface area contributed by atoms with Crippen LogP contribution in [-0.4, -0.2) is 40.2 Å². The molecule has 2 aliphatic rings. The lowest BCUT2D eigenvalue weighted by Gasteiger charge is -2.35. The molecule has 1 unspecified atom stereocenters. The Kier molecular flexibility index (Phi) is 5.03. The Hall–Kier alpha value is -4.52. The molecule has 1 amide bonds. The number of aromatic nitrogens is 1. The number of H-pyrrole nitrogens is 1. The topological polar surface area (TPSA) is 91.9 Å². The van der Waals surface area contributed by atoms with E-state index in [1.807, 2.05) is 35.2 Å². The highest BCUT2D eigenvalue weighted by Gasteiger charge is 2.34. The largest absolute Gasteiger partial charge is 0.478 e. The molecule has 0 radical (unpaired) electrons. The number of hydrogen-bond acceptors (Lipinski definition) is 4. The van der Waals surface area contributed by atoms with Crippen molar-refractivity contribution in [3.05, 3.63) is 101 Å². The smallest absolute Gasteiger partial charge is 0.335 e. The summed E-state index contributed by atoms with van der Waals surface area (Å²) in [6, 6.07) is 20.1. The fourth-order valence-corrected chi connectivity index (χ4v) is 4.91. The summed E-state index contributed by atoms with van der Waals surface area (Å²) in [5.74, 6) is 0.265. The number of aromatic carboxylic acids is 1. The number of carboxylic acid groups (broad SMARTS) is 1. The molecular weight excluding hydrogens is 444 g/mol. The van der Waals surface area contributed by atoms with Crippen molar-refractivity contribution in [2.45, 2.75) is 12.5 Å². The molecule has 2 aliphatic heterocycles. The van der Waals surface area contributed by atoms with E-state index in [0.717, 1.165) is 28.8 Å². The Morgan fingerprint density at radius 1 is 1.00 bits per heavy atom. The average molecular weight is 466 g/mol. The van der Waals surface area contributed by atoms with E-state index < -0.39 is 5.97 Å². The minimum atomic E-state index is -0.981. The van der Waals surface area contributed by atoms with Crippen molar-refractivity contribution in [2.75, 3.05) is 13.3 Å². The first kappa shape index (κ1) is 21.0. The highest BCUT2D eigenvalue weighted by Crippen LogP contribution is 2.42. The number of carboxylic acids is 1. The molecule has 0 spiro atoms. The first-order valence-corrected chi connectivity index (χ1v) is 11.4. The van der Waals surface area contributed by atoms with Crippen LogP contribution in [0.1, 0.15) is 38.8 Å². The van der Waals surface area contributed by atoms with Gasteiger partial charge in [0.2, 0.25) is 12.7 Å². The molecule has 0 saturated heterocycles. The Morgan fingerprint density at radius 3 is 2.63 bits per heavy atom. The first-order valence-electron chi connectivity index (χ1n) is 11.4. The Labute approximate surface area is 201 Å². The van der Waals surface area contributed by atoms with Crippen LogP contribution in [0.15, 0.2) is 72.8 Å². The SMILES string of the molecule is O=C(O)c1ccc(/C=C/C(=O)N2CCc3c([nH]c4ccccc34)C2c2ccc3c(c2)OCO3)cc1. The van der Waals surface area contributed by atoms with Gasteiger partial charge in [0.25, 0.3) is 0 Å². The molecule has 7 nitrogen and oxygen atoms in total. The van der Waals surface area contributed by atoms with Crippen LogP contribution in [0.2, 0.25) is 0 Å². The maximum Gasteiger partial charge on any atom is 0.335 e. The van der Waals surface area contributed by atoms with Crippen LogP contribution in [0.25, 0.3) is 17.0 Å². The number of ether oxygens (including phenoxy) is 2. The van der Waals surface area contributed by atoms with Crippen molar-refractivity contribution in [1.29, 1.82) is 0 Å². The molecule has 1 aromatic heterocycles. The number of para-hydroxylation sites is 1. The molecule has 3 heterocycles. The van der Waals surface area contributed by atoms with Crippen LogP contribution in [0.3, 0.4) is 0 Å². The minimum Gasteiger partial charge on any atom is -0.478 e. The Bertz CT molecular complexity index is 1490. The van der Waals surface area contributed by atoms with Gasteiger partial charge in [0.15, 0.2) is 11.5 Å². The van der Waals surface area contributed by atoms with Gasteiger partial charge < -0.3 is 24.5 Å². The highest BCUT2D eigenvalue weighted by atomic mass is 16.7. The number of hydrogen-bond donors (Lipinski definition) is 2. The average Bonchev–Trinajstić information content (AvgIpc) is 3.51. The standard InChI is InChI=1S/C28H22N2O5/c31-25(12-7-17-5-8-18(9-6-17)28(32)33)30-14-13-21-20-3-1-2-4-22(20)29-26(21)27(30)19-10-11-23-24(15-19)35-16-34-23/h1-12,15,27,29H,13-14,16H2,(H,32,33)/b12-7+. The van der Waals surface area contributed by atoms with E-state index in [0.29, 0.717) is 18.0 Å². The zero-order chi connectivity index (χ0) is 23.9. The zero-order valence-electron chi connectivity index (χ0n) is 18.7. The fraction of sp³-hybridized carbons (Fsp3) is 0.143. The number of carbonyl (C=O) groups excluding carboxylic acids is 1. The van der Waals surface area contributed by atoms with Crippen LogP contribution in [0.4, 0.5) is 0 Å². The summed E-state index contributed by atoms with van der Waals surface area (Å²) in [6.45, 7) is 0.752. The van der Waals surface area contributed by atoms with Gasteiger partial charge in [-0.1, -0.05) is 36.4 Å². The van der Waals surface area contributed by atoms with Crippen LogP contribution in [0.5, 0.6) is 11.5 Å². The number of benzene rings is 3. The predicted molar refractivity (Wildman–Crippen MR) is 131 cm³/mol. The number of nitrogens with zero attached hydrogens (tertiary/aromatic N) is 1. The van der Waals surface area contributed by atoms with Gasteiger partial charge in [-0.25, -0.2) is 4.79 Å². The number of nitrogens with one attached hydrogen (secondary N) is 1. The molecule has 3 aromatic carbocycles. The molecule has 0 fully saturated rings. The van der Waals surface area contributed by atoms with E-state index in [9.17, 15) is 9.59 Å². The molecule has 174 valence electrons. The minimum absolute atomic E-state index is 0.126. The van der Waals surface area contributed by atoms with Crippen LogP contribution in [0, 0.1) is 0 Å². The van der Waals surface area contributed by atoms with Crippen LogP contribution < -0.4 is 9.47 Å². The van der Waals surface area contributed by atoms with Crippen LogP contribution >= 0.6 is 0 Å². The van der Waals surface area contributed by atoms with Gasteiger partial charge in [-0.15, -0.1) is 0 Å². The van der Waals surface area contributed by atoms with Crippen molar-refractivity contribution >= 4 is 28.9 Å². The van der Waals surface area contributed by atoms with Gasteiger partial charge >= 0.3 is 5.97 Å². The fourth-order valence-electron chi connectivity index (χ4n) is 4.91. The van der Waals surface area contributed by atoms with E-state index in [2.05, 4.69) is 17.1 Å². The number of carbonyl (C=O) groups is 2. The lowest BCUT2D eigenvalue weighted by Crippen LogP contribution is -2.39. The van der Waals surface area contributed by atoms with E-state index in [-0.39, 0.29) is 24.3 Å². The summed E-state index contributed by atoms with van der Waals surface area (Å²) in [6.07, 6.45) is 4.00. The first-order chi connectivity index (χ1) is 17.1. The third-order valence-electron chi connectivity index (χ3n) is 6.61. The molecule has 0 bridgehead atoms. The second-order valence-electron chi connectivity index (χ2n) is 8.62. The van der Waals surface area contributed by atoms with E-state index in [4.69, 9.17) is 14.6 Å². The third kappa shape index (κ3) is 3.71. The molecular formula is C28H22N2O5. The molecule has 35 heavy (non-hydrogen) atoms. The molecule has 4 aromatic rings. The quantitative estimate of drug-likeness (QED) is 0.422. The van der Waals surface area contributed by atoms with Crippen molar-refractivity contribution in [3.8, 4) is 11.5 Å². The summed E-state index contributed by atoms with van der Waals surface area (Å²) in [5.41, 5.74) is 5.18. The molecule has 7 heteroatoms. The van der Waals surface area contributed by atoms with Crippen molar-refractivity contribution in [3.63, 3.8) is 0 Å².